The molecule has 124 valence electrons. The van der Waals surface area contributed by atoms with E-state index >= 15 is 0 Å². The standard InChI is InChI=1S/C18H19N3O2S/c1-11-10-12(2)19-17-16(11)24-18(21-17)20-15(22)9-6-13-4-7-14(23-3)8-5-13/h4-5,7-8,10H,6,9H2,1-3H3,(H,19,20,21,22). The van der Waals surface area contributed by atoms with E-state index in [1.165, 1.54) is 11.3 Å². The fraction of sp³-hybridized carbons (Fsp3) is 0.278. The summed E-state index contributed by atoms with van der Waals surface area (Å²) in [6.07, 6.45) is 1.09. The molecule has 2 heterocycles. The van der Waals surface area contributed by atoms with Crippen molar-refractivity contribution in [1.29, 1.82) is 0 Å². The molecule has 0 radical (unpaired) electrons. The second-order valence-corrected chi connectivity index (χ2v) is 6.65. The number of aryl methyl sites for hydroxylation is 3. The SMILES string of the molecule is COc1ccc(CCC(=O)Nc2nc3nc(C)cc(C)c3s2)cc1. The van der Waals surface area contributed by atoms with Crippen molar-refractivity contribution in [3.63, 3.8) is 0 Å². The Balaban J connectivity index is 1.63. The Bertz CT molecular complexity index is 872. The summed E-state index contributed by atoms with van der Waals surface area (Å²) in [6.45, 7) is 3.98. The first-order valence-electron chi connectivity index (χ1n) is 7.72. The Morgan fingerprint density at radius 2 is 1.96 bits per heavy atom. The molecule has 0 aliphatic heterocycles. The van der Waals surface area contributed by atoms with Crippen molar-refractivity contribution >= 4 is 32.7 Å². The summed E-state index contributed by atoms with van der Waals surface area (Å²) in [5.74, 6) is 0.773. The van der Waals surface area contributed by atoms with Crippen LogP contribution in [-0.2, 0) is 11.2 Å². The van der Waals surface area contributed by atoms with E-state index in [4.69, 9.17) is 4.74 Å². The topological polar surface area (TPSA) is 64.1 Å². The number of methoxy groups -OCH3 is 1. The van der Waals surface area contributed by atoms with Crippen LogP contribution in [0.2, 0.25) is 0 Å². The van der Waals surface area contributed by atoms with Crippen molar-refractivity contribution in [2.24, 2.45) is 0 Å². The number of carbonyl (C=O) groups excluding carboxylic acids is 1. The Kier molecular flexibility index (Phi) is 4.76. The van der Waals surface area contributed by atoms with Crippen LogP contribution in [0.4, 0.5) is 5.13 Å². The van der Waals surface area contributed by atoms with Crippen LogP contribution >= 0.6 is 11.3 Å². The highest BCUT2D eigenvalue weighted by atomic mass is 32.1. The molecule has 0 aliphatic carbocycles. The number of amides is 1. The monoisotopic (exact) mass is 341 g/mol. The zero-order valence-corrected chi connectivity index (χ0v) is 14.7. The van der Waals surface area contributed by atoms with Crippen molar-refractivity contribution in [3.8, 4) is 5.75 Å². The number of nitrogens with zero attached hydrogens (tertiary/aromatic N) is 2. The summed E-state index contributed by atoms with van der Waals surface area (Å²) in [5, 5.41) is 3.48. The number of fused-ring (bicyclic) bond motifs is 1. The molecule has 24 heavy (non-hydrogen) atoms. The molecule has 3 aromatic rings. The molecule has 6 heteroatoms. The summed E-state index contributed by atoms with van der Waals surface area (Å²) in [6, 6.07) is 9.77. The third kappa shape index (κ3) is 3.71. The minimum Gasteiger partial charge on any atom is -0.497 e. The molecule has 1 amide bonds. The fourth-order valence-corrected chi connectivity index (χ4v) is 3.40. The van der Waals surface area contributed by atoms with E-state index in [0.29, 0.717) is 23.6 Å². The van der Waals surface area contributed by atoms with Gasteiger partial charge in [-0.05, 0) is 49.6 Å². The van der Waals surface area contributed by atoms with Crippen LogP contribution in [0.1, 0.15) is 23.2 Å². The predicted octanol–water partition coefficient (Wildman–Crippen LogP) is 3.89. The smallest absolute Gasteiger partial charge is 0.226 e. The minimum absolute atomic E-state index is 0.0424. The largest absolute Gasteiger partial charge is 0.497 e. The molecular weight excluding hydrogens is 322 g/mol. The maximum absolute atomic E-state index is 12.1. The molecule has 0 spiro atoms. The lowest BCUT2D eigenvalue weighted by atomic mass is 10.1. The quantitative estimate of drug-likeness (QED) is 0.765. The van der Waals surface area contributed by atoms with Crippen molar-refractivity contribution in [1.82, 2.24) is 9.97 Å². The van der Waals surface area contributed by atoms with Crippen LogP contribution in [0.25, 0.3) is 10.3 Å². The Labute approximate surface area is 144 Å². The van der Waals surface area contributed by atoms with E-state index in [1.54, 1.807) is 7.11 Å². The summed E-state index contributed by atoms with van der Waals surface area (Å²) < 4.78 is 6.15. The van der Waals surface area contributed by atoms with Crippen LogP contribution < -0.4 is 10.1 Å². The van der Waals surface area contributed by atoms with Gasteiger partial charge in [-0.25, -0.2) is 4.98 Å². The number of rotatable bonds is 5. The van der Waals surface area contributed by atoms with Gasteiger partial charge in [-0.15, -0.1) is 0 Å². The van der Waals surface area contributed by atoms with Crippen LogP contribution in [0.5, 0.6) is 5.75 Å². The number of benzene rings is 1. The zero-order valence-electron chi connectivity index (χ0n) is 13.9. The average Bonchev–Trinajstić information content (AvgIpc) is 2.96. The van der Waals surface area contributed by atoms with E-state index in [1.807, 2.05) is 44.2 Å². The highest BCUT2D eigenvalue weighted by Crippen LogP contribution is 2.28. The van der Waals surface area contributed by atoms with Gasteiger partial charge in [-0.2, -0.15) is 4.98 Å². The lowest BCUT2D eigenvalue weighted by Crippen LogP contribution is -2.12. The molecule has 0 bridgehead atoms. The van der Waals surface area contributed by atoms with Gasteiger partial charge in [0.05, 0.1) is 11.8 Å². The molecule has 0 unspecified atom stereocenters. The Morgan fingerprint density at radius 3 is 2.67 bits per heavy atom. The molecular formula is C18H19N3O2S. The van der Waals surface area contributed by atoms with Gasteiger partial charge in [-0.3, -0.25) is 4.79 Å². The molecule has 5 nitrogen and oxygen atoms in total. The van der Waals surface area contributed by atoms with Crippen molar-refractivity contribution in [2.75, 3.05) is 12.4 Å². The van der Waals surface area contributed by atoms with Crippen molar-refractivity contribution < 1.29 is 9.53 Å². The molecule has 0 atom stereocenters. The summed E-state index contributed by atoms with van der Waals surface area (Å²) in [5.41, 5.74) is 3.86. The first-order valence-corrected chi connectivity index (χ1v) is 8.54. The third-order valence-corrected chi connectivity index (χ3v) is 4.82. The number of pyridine rings is 1. The number of carbonyl (C=O) groups is 1. The number of ether oxygens (including phenoxy) is 1. The van der Waals surface area contributed by atoms with Crippen molar-refractivity contribution in [3.05, 3.63) is 47.2 Å². The second-order valence-electron chi connectivity index (χ2n) is 5.65. The molecule has 3 rings (SSSR count). The first kappa shape index (κ1) is 16.4. The first-order chi connectivity index (χ1) is 11.5. The van der Waals surface area contributed by atoms with Gasteiger partial charge >= 0.3 is 0 Å². The second kappa shape index (κ2) is 6.97. The minimum atomic E-state index is -0.0424. The highest BCUT2D eigenvalue weighted by Gasteiger charge is 2.11. The van der Waals surface area contributed by atoms with Gasteiger partial charge < -0.3 is 10.1 Å². The maximum atomic E-state index is 12.1. The predicted molar refractivity (Wildman–Crippen MR) is 96.8 cm³/mol. The van der Waals surface area contributed by atoms with Crippen molar-refractivity contribution in [2.45, 2.75) is 26.7 Å². The molecule has 1 N–H and O–H groups in total. The van der Waals surface area contributed by atoms with Gasteiger partial charge in [0.1, 0.15) is 5.75 Å². The van der Waals surface area contributed by atoms with Gasteiger partial charge in [0.2, 0.25) is 5.91 Å². The van der Waals surface area contributed by atoms with Gasteiger partial charge in [0.15, 0.2) is 10.8 Å². The number of thiazole rings is 1. The molecule has 2 aromatic heterocycles. The number of aromatic nitrogens is 2. The number of hydrogen-bond acceptors (Lipinski definition) is 5. The molecule has 0 saturated carbocycles. The fourth-order valence-electron chi connectivity index (χ4n) is 2.51. The average molecular weight is 341 g/mol. The van der Waals surface area contributed by atoms with E-state index < -0.39 is 0 Å². The van der Waals surface area contributed by atoms with Gasteiger partial charge in [0, 0.05) is 12.1 Å². The van der Waals surface area contributed by atoms with Crippen LogP contribution in [-0.4, -0.2) is 23.0 Å². The third-order valence-electron chi connectivity index (χ3n) is 3.72. The Hall–Kier alpha value is -2.47. The van der Waals surface area contributed by atoms with Crippen LogP contribution in [0, 0.1) is 13.8 Å². The van der Waals surface area contributed by atoms with E-state index in [-0.39, 0.29) is 5.91 Å². The van der Waals surface area contributed by atoms with E-state index in [2.05, 4.69) is 15.3 Å². The molecule has 0 fully saturated rings. The van der Waals surface area contributed by atoms with Crippen LogP contribution in [0.15, 0.2) is 30.3 Å². The zero-order chi connectivity index (χ0) is 17.1. The summed E-state index contributed by atoms with van der Waals surface area (Å²) >= 11 is 1.47. The Morgan fingerprint density at radius 1 is 1.21 bits per heavy atom. The lowest BCUT2D eigenvalue weighted by Gasteiger charge is -2.03. The highest BCUT2D eigenvalue weighted by molar-refractivity contribution is 7.22. The summed E-state index contributed by atoms with van der Waals surface area (Å²) in [4.78, 5) is 21.0. The molecule has 0 aliphatic rings. The number of hydrogen-bond donors (Lipinski definition) is 1. The van der Waals surface area contributed by atoms with Gasteiger partial charge in [0.25, 0.3) is 0 Å². The normalized spacial score (nSPS) is 10.8. The van der Waals surface area contributed by atoms with E-state index in [9.17, 15) is 4.79 Å². The summed E-state index contributed by atoms with van der Waals surface area (Å²) in [7, 11) is 1.64. The molecule has 0 saturated heterocycles. The van der Waals surface area contributed by atoms with Crippen LogP contribution in [0.3, 0.4) is 0 Å². The van der Waals surface area contributed by atoms with Gasteiger partial charge in [-0.1, -0.05) is 23.5 Å². The number of nitrogens with one attached hydrogen (secondary N) is 1. The number of anilines is 1. The lowest BCUT2D eigenvalue weighted by molar-refractivity contribution is -0.116. The molecule has 1 aromatic carbocycles. The maximum Gasteiger partial charge on any atom is 0.226 e. The van der Waals surface area contributed by atoms with E-state index in [0.717, 1.165) is 27.3 Å².